The Bertz CT molecular complexity index is 609. The average Bonchev–Trinajstić information content (AvgIpc) is 2.62. The standard InChI is InChI=1S/C20H24O4/c1-3-13-20(21,15-23-14-17-7-5-4-6-8-17)16-24-19-11-9-18(22-2)10-12-19/h3-12,21H,1,13-16H2,2H3. The van der Waals surface area contributed by atoms with Crippen LogP contribution >= 0.6 is 0 Å². The Balaban J connectivity index is 1.87. The van der Waals surface area contributed by atoms with Crippen LogP contribution in [0.4, 0.5) is 0 Å². The van der Waals surface area contributed by atoms with Crippen molar-refractivity contribution in [3.8, 4) is 11.5 Å². The van der Waals surface area contributed by atoms with Crippen molar-refractivity contribution in [2.45, 2.75) is 18.6 Å². The molecule has 0 aliphatic rings. The average molecular weight is 328 g/mol. The molecule has 2 aromatic rings. The summed E-state index contributed by atoms with van der Waals surface area (Å²) in [5, 5.41) is 10.7. The Labute approximate surface area is 143 Å². The molecule has 0 spiro atoms. The fourth-order valence-electron chi connectivity index (χ4n) is 2.25. The molecule has 1 N–H and O–H groups in total. The first-order valence-electron chi connectivity index (χ1n) is 7.87. The maximum Gasteiger partial charge on any atom is 0.125 e. The molecule has 0 aliphatic heterocycles. The van der Waals surface area contributed by atoms with Crippen molar-refractivity contribution in [1.82, 2.24) is 0 Å². The summed E-state index contributed by atoms with van der Waals surface area (Å²) < 4.78 is 16.5. The minimum absolute atomic E-state index is 0.125. The highest BCUT2D eigenvalue weighted by Crippen LogP contribution is 2.20. The number of benzene rings is 2. The summed E-state index contributed by atoms with van der Waals surface area (Å²) in [6.45, 7) is 4.45. The molecular formula is C20H24O4. The van der Waals surface area contributed by atoms with Gasteiger partial charge in [-0.1, -0.05) is 36.4 Å². The van der Waals surface area contributed by atoms with E-state index >= 15 is 0 Å². The minimum atomic E-state index is -1.11. The molecule has 1 atom stereocenters. The van der Waals surface area contributed by atoms with Gasteiger partial charge >= 0.3 is 0 Å². The van der Waals surface area contributed by atoms with Crippen molar-refractivity contribution in [3.05, 3.63) is 72.8 Å². The fourth-order valence-corrected chi connectivity index (χ4v) is 2.25. The largest absolute Gasteiger partial charge is 0.497 e. The molecular weight excluding hydrogens is 304 g/mol. The molecule has 2 rings (SSSR count). The second kappa shape index (κ2) is 9.11. The molecule has 128 valence electrons. The fraction of sp³-hybridized carbons (Fsp3) is 0.300. The zero-order chi connectivity index (χ0) is 17.3. The Morgan fingerprint density at radius 3 is 2.29 bits per heavy atom. The monoisotopic (exact) mass is 328 g/mol. The summed E-state index contributed by atoms with van der Waals surface area (Å²) >= 11 is 0. The molecule has 24 heavy (non-hydrogen) atoms. The summed E-state index contributed by atoms with van der Waals surface area (Å²) in [5.74, 6) is 1.43. The summed E-state index contributed by atoms with van der Waals surface area (Å²) in [4.78, 5) is 0. The van der Waals surface area contributed by atoms with Gasteiger partial charge in [-0.2, -0.15) is 0 Å². The minimum Gasteiger partial charge on any atom is -0.497 e. The molecule has 0 saturated carbocycles. The summed E-state index contributed by atoms with van der Waals surface area (Å²) in [6, 6.07) is 17.1. The number of aliphatic hydroxyl groups is 1. The van der Waals surface area contributed by atoms with Gasteiger partial charge in [0.1, 0.15) is 23.7 Å². The lowest BCUT2D eigenvalue weighted by Crippen LogP contribution is -2.40. The molecule has 2 aromatic carbocycles. The molecule has 0 saturated heterocycles. The number of methoxy groups -OCH3 is 1. The Morgan fingerprint density at radius 1 is 1.00 bits per heavy atom. The van der Waals surface area contributed by atoms with Crippen LogP contribution in [0.2, 0.25) is 0 Å². The second-order valence-corrected chi connectivity index (χ2v) is 5.66. The van der Waals surface area contributed by atoms with Gasteiger partial charge in [0.25, 0.3) is 0 Å². The predicted molar refractivity (Wildman–Crippen MR) is 94.4 cm³/mol. The maximum absolute atomic E-state index is 10.7. The lowest BCUT2D eigenvalue weighted by atomic mass is 10.0. The molecule has 1 unspecified atom stereocenters. The van der Waals surface area contributed by atoms with Crippen molar-refractivity contribution < 1.29 is 19.3 Å². The van der Waals surface area contributed by atoms with Crippen molar-refractivity contribution in [1.29, 1.82) is 0 Å². The molecule has 0 bridgehead atoms. The van der Waals surface area contributed by atoms with Crippen molar-refractivity contribution in [2.24, 2.45) is 0 Å². The highest BCUT2D eigenvalue weighted by Gasteiger charge is 2.27. The molecule has 0 heterocycles. The van der Waals surface area contributed by atoms with Gasteiger partial charge < -0.3 is 19.3 Å². The number of hydrogen-bond donors (Lipinski definition) is 1. The summed E-state index contributed by atoms with van der Waals surface area (Å²) in [7, 11) is 1.61. The molecule has 0 fully saturated rings. The van der Waals surface area contributed by atoms with Gasteiger partial charge in [-0.05, 0) is 36.2 Å². The quantitative estimate of drug-likeness (QED) is 0.677. The van der Waals surface area contributed by atoms with E-state index in [9.17, 15) is 5.11 Å². The molecule has 4 heteroatoms. The number of rotatable bonds is 10. The van der Waals surface area contributed by atoms with Crippen LogP contribution in [0.5, 0.6) is 11.5 Å². The normalized spacial score (nSPS) is 13.1. The molecule has 0 amide bonds. The van der Waals surface area contributed by atoms with Crippen LogP contribution in [-0.4, -0.2) is 31.0 Å². The van der Waals surface area contributed by atoms with Crippen LogP contribution in [0.15, 0.2) is 67.3 Å². The molecule has 0 radical (unpaired) electrons. The highest BCUT2D eigenvalue weighted by atomic mass is 16.5. The molecule has 0 aromatic heterocycles. The van der Waals surface area contributed by atoms with Gasteiger partial charge in [0.15, 0.2) is 0 Å². The van der Waals surface area contributed by atoms with Gasteiger partial charge in [0.05, 0.1) is 20.3 Å². The van der Waals surface area contributed by atoms with E-state index < -0.39 is 5.60 Å². The van der Waals surface area contributed by atoms with Crippen LogP contribution in [0.1, 0.15) is 12.0 Å². The van der Waals surface area contributed by atoms with Crippen LogP contribution in [0, 0.1) is 0 Å². The highest BCUT2D eigenvalue weighted by molar-refractivity contribution is 5.31. The summed E-state index contributed by atoms with van der Waals surface area (Å²) in [6.07, 6.45) is 2.06. The zero-order valence-corrected chi connectivity index (χ0v) is 14.0. The first-order chi connectivity index (χ1) is 11.6. The van der Waals surface area contributed by atoms with Gasteiger partial charge in [-0.25, -0.2) is 0 Å². The molecule has 0 aliphatic carbocycles. The van der Waals surface area contributed by atoms with Crippen LogP contribution < -0.4 is 9.47 Å². The van der Waals surface area contributed by atoms with Crippen LogP contribution in [-0.2, 0) is 11.3 Å². The van der Waals surface area contributed by atoms with E-state index in [4.69, 9.17) is 14.2 Å². The van der Waals surface area contributed by atoms with E-state index in [1.54, 1.807) is 25.3 Å². The zero-order valence-electron chi connectivity index (χ0n) is 14.0. The van der Waals surface area contributed by atoms with Crippen LogP contribution in [0.3, 0.4) is 0 Å². The third-order valence-corrected chi connectivity index (χ3v) is 3.57. The van der Waals surface area contributed by atoms with E-state index in [0.29, 0.717) is 18.8 Å². The van der Waals surface area contributed by atoms with Gasteiger partial charge in [0, 0.05) is 0 Å². The van der Waals surface area contributed by atoms with Crippen molar-refractivity contribution >= 4 is 0 Å². The lowest BCUT2D eigenvalue weighted by Gasteiger charge is -2.27. The second-order valence-electron chi connectivity index (χ2n) is 5.66. The topological polar surface area (TPSA) is 47.9 Å². The van der Waals surface area contributed by atoms with E-state index in [0.717, 1.165) is 11.3 Å². The third-order valence-electron chi connectivity index (χ3n) is 3.57. The smallest absolute Gasteiger partial charge is 0.125 e. The van der Waals surface area contributed by atoms with E-state index in [1.807, 2.05) is 42.5 Å². The van der Waals surface area contributed by atoms with E-state index in [-0.39, 0.29) is 13.2 Å². The van der Waals surface area contributed by atoms with Gasteiger partial charge in [0.2, 0.25) is 0 Å². The van der Waals surface area contributed by atoms with Gasteiger partial charge in [-0.3, -0.25) is 0 Å². The van der Waals surface area contributed by atoms with Crippen molar-refractivity contribution in [3.63, 3.8) is 0 Å². The van der Waals surface area contributed by atoms with Gasteiger partial charge in [-0.15, -0.1) is 6.58 Å². The number of hydrogen-bond acceptors (Lipinski definition) is 4. The first-order valence-corrected chi connectivity index (χ1v) is 7.87. The Kier molecular flexibility index (Phi) is 6.85. The lowest BCUT2D eigenvalue weighted by molar-refractivity contribution is -0.0738. The maximum atomic E-state index is 10.7. The Morgan fingerprint density at radius 2 is 1.67 bits per heavy atom. The van der Waals surface area contributed by atoms with Crippen molar-refractivity contribution in [2.75, 3.05) is 20.3 Å². The van der Waals surface area contributed by atoms with E-state index in [1.165, 1.54) is 0 Å². The number of ether oxygens (including phenoxy) is 3. The molecule has 4 nitrogen and oxygen atoms in total. The van der Waals surface area contributed by atoms with E-state index in [2.05, 4.69) is 6.58 Å². The predicted octanol–water partition coefficient (Wildman–Crippen LogP) is 3.60. The summed E-state index contributed by atoms with van der Waals surface area (Å²) in [5.41, 5.74) is -0.0502. The Hall–Kier alpha value is -2.30. The van der Waals surface area contributed by atoms with Crippen LogP contribution in [0.25, 0.3) is 0 Å². The first kappa shape index (κ1) is 18.0. The SMILES string of the molecule is C=CCC(O)(COCc1ccccc1)COc1ccc(OC)cc1. The third kappa shape index (κ3) is 5.72.